The van der Waals surface area contributed by atoms with E-state index in [9.17, 15) is 9.59 Å². The SMILES string of the molecule is CSc1nc2ccccc2c(=O)n1/N=C1/C(=O)N(CN(C)C)c2ccccc21. The molecule has 4 rings (SSSR count). The Hall–Kier alpha value is -2.97. The van der Waals surface area contributed by atoms with Gasteiger partial charge in [0.15, 0.2) is 10.9 Å². The van der Waals surface area contributed by atoms with Crippen LogP contribution in [0.1, 0.15) is 5.56 Å². The average Bonchev–Trinajstić information content (AvgIpc) is 2.95. The zero-order chi connectivity index (χ0) is 19.8. The van der Waals surface area contributed by atoms with Crippen LogP contribution in [0.3, 0.4) is 0 Å². The summed E-state index contributed by atoms with van der Waals surface area (Å²) in [6, 6.07) is 14.6. The van der Waals surface area contributed by atoms with Gasteiger partial charge < -0.3 is 0 Å². The van der Waals surface area contributed by atoms with E-state index < -0.39 is 0 Å². The average molecular weight is 393 g/mol. The maximum Gasteiger partial charge on any atom is 0.282 e. The number of hydrogen-bond acceptors (Lipinski definition) is 6. The summed E-state index contributed by atoms with van der Waals surface area (Å²) in [6.07, 6.45) is 1.83. The summed E-state index contributed by atoms with van der Waals surface area (Å²) < 4.78 is 1.23. The molecule has 28 heavy (non-hydrogen) atoms. The number of rotatable bonds is 4. The first kappa shape index (κ1) is 18.4. The lowest BCUT2D eigenvalue weighted by atomic mass is 10.1. The topological polar surface area (TPSA) is 70.8 Å². The van der Waals surface area contributed by atoms with Crippen LogP contribution in [0.2, 0.25) is 0 Å². The summed E-state index contributed by atoms with van der Waals surface area (Å²) in [6.45, 7) is 0.426. The molecular weight excluding hydrogens is 374 g/mol. The van der Waals surface area contributed by atoms with Gasteiger partial charge in [-0.1, -0.05) is 42.1 Å². The predicted octanol–water partition coefficient (Wildman–Crippen LogP) is 2.24. The van der Waals surface area contributed by atoms with Gasteiger partial charge in [0, 0.05) is 5.56 Å². The number of benzene rings is 2. The summed E-state index contributed by atoms with van der Waals surface area (Å²) in [5.74, 6) is -0.234. The fourth-order valence-electron chi connectivity index (χ4n) is 3.21. The quantitative estimate of drug-likeness (QED) is 0.502. The molecule has 142 valence electrons. The minimum Gasteiger partial charge on any atom is -0.293 e. The lowest BCUT2D eigenvalue weighted by Crippen LogP contribution is -2.38. The lowest BCUT2D eigenvalue weighted by molar-refractivity contribution is -0.112. The van der Waals surface area contributed by atoms with Gasteiger partial charge in [-0.2, -0.15) is 9.78 Å². The van der Waals surface area contributed by atoms with E-state index in [1.165, 1.54) is 16.4 Å². The molecule has 0 bridgehead atoms. The zero-order valence-electron chi connectivity index (χ0n) is 15.8. The van der Waals surface area contributed by atoms with Crippen LogP contribution in [-0.2, 0) is 4.79 Å². The van der Waals surface area contributed by atoms with Crippen molar-refractivity contribution >= 4 is 40.0 Å². The first-order valence-corrected chi connectivity index (χ1v) is 9.94. The summed E-state index contributed by atoms with van der Waals surface area (Å²) in [5.41, 5.74) is 2.06. The normalized spacial score (nSPS) is 15.1. The molecule has 0 fully saturated rings. The number of hydrogen-bond donors (Lipinski definition) is 0. The molecule has 3 aromatic rings. The Bertz CT molecular complexity index is 1170. The molecule has 0 saturated carbocycles. The van der Waals surface area contributed by atoms with E-state index in [-0.39, 0.29) is 17.2 Å². The Labute approximate surface area is 166 Å². The molecule has 1 aromatic heterocycles. The number of carbonyl (C=O) groups excluding carboxylic acids is 1. The third kappa shape index (κ3) is 3.00. The number of para-hydroxylation sites is 2. The Balaban J connectivity index is 1.93. The van der Waals surface area contributed by atoms with Gasteiger partial charge in [0.05, 0.1) is 23.3 Å². The van der Waals surface area contributed by atoms with Crippen LogP contribution in [0.25, 0.3) is 10.9 Å². The van der Waals surface area contributed by atoms with Crippen LogP contribution in [-0.4, -0.2) is 53.2 Å². The molecule has 2 aromatic carbocycles. The Morgan fingerprint density at radius 2 is 1.79 bits per heavy atom. The molecule has 0 atom stereocenters. The zero-order valence-corrected chi connectivity index (χ0v) is 16.6. The van der Waals surface area contributed by atoms with Crippen molar-refractivity contribution < 1.29 is 4.79 Å². The molecule has 1 amide bonds. The van der Waals surface area contributed by atoms with Crippen molar-refractivity contribution in [2.45, 2.75) is 5.16 Å². The van der Waals surface area contributed by atoms with Gasteiger partial charge in [0.25, 0.3) is 11.5 Å². The van der Waals surface area contributed by atoms with Gasteiger partial charge in [0.1, 0.15) is 0 Å². The second-order valence-electron chi connectivity index (χ2n) is 6.65. The summed E-state index contributed by atoms with van der Waals surface area (Å²) in [5, 5.41) is 5.39. The second kappa shape index (κ2) is 7.21. The third-order valence-electron chi connectivity index (χ3n) is 4.43. The highest BCUT2D eigenvalue weighted by molar-refractivity contribution is 7.98. The largest absolute Gasteiger partial charge is 0.293 e. The van der Waals surface area contributed by atoms with E-state index in [1.54, 1.807) is 23.1 Å². The molecule has 7 nitrogen and oxygen atoms in total. The van der Waals surface area contributed by atoms with Crippen molar-refractivity contribution in [3.63, 3.8) is 0 Å². The van der Waals surface area contributed by atoms with Crippen molar-refractivity contribution in [3.8, 4) is 0 Å². The van der Waals surface area contributed by atoms with Gasteiger partial charge in [0.2, 0.25) is 0 Å². The van der Waals surface area contributed by atoms with E-state index >= 15 is 0 Å². The fraction of sp³-hybridized carbons (Fsp3) is 0.200. The Morgan fingerprint density at radius 1 is 1.07 bits per heavy atom. The standard InChI is InChI=1S/C20H19N5O2S/c1-23(2)12-24-16-11-7-5-9-14(16)17(19(24)27)22-25-18(26)13-8-4-6-10-15(13)21-20(25)28-3/h4-11H,12H2,1-3H3/b22-17+. The molecule has 0 unspecified atom stereocenters. The molecule has 0 saturated heterocycles. The van der Waals surface area contributed by atoms with E-state index in [4.69, 9.17) is 0 Å². The molecular formula is C20H19N5O2S. The first-order valence-electron chi connectivity index (χ1n) is 8.72. The Morgan fingerprint density at radius 3 is 2.54 bits per heavy atom. The number of carbonyl (C=O) groups is 1. The van der Waals surface area contributed by atoms with Crippen molar-refractivity contribution in [1.82, 2.24) is 14.6 Å². The summed E-state index contributed by atoms with van der Waals surface area (Å²) >= 11 is 1.31. The Kier molecular flexibility index (Phi) is 4.74. The number of thioether (sulfide) groups is 1. The van der Waals surface area contributed by atoms with Crippen LogP contribution >= 0.6 is 11.8 Å². The van der Waals surface area contributed by atoms with Crippen molar-refractivity contribution in [2.24, 2.45) is 5.10 Å². The molecule has 8 heteroatoms. The number of nitrogens with zero attached hydrogens (tertiary/aromatic N) is 5. The fourth-order valence-corrected chi connectivity index (χ4v) is 3.69. The van der Waals surface area contributed by atoms with Crippen molar-refractivity contribution in [1.29, 1.82) is 0 Å². The highest BCUT2D eigenvalue weighted by Gasteiger charge is 2.34. The molecule has 0 N–H and O–H groups in total. The van der Waals surface area contributed by atoms with E-state index in [0.29, 0.717) is 28.3 Å². The maximum absolute atomic E-state index is 13.1. The van der Waals surface area contributed by atoms with Gasteiger partial charge in [-0.25, -0.2) is 4.98 Å². The van der Waals surface area contributed by atoms with E-state index in [1.807, 2.05) is 55.6 Å². The number of anilines is 1. The van der Waals surface area contributed by atoms with Gasteiger partial charge in [-0.05, 0) is 38.6 Å². The van der Waals surface area contributed by atoms with E-state index in [2.05, 4.69) is 10.1 Å². The van der Waals surface area contributed by atoms with Crippen LogP contribution in [0.5, 0.6) is 0 Å². The van der Waals surface area contributed by atoms with Gasteiger partial charge >= 0.3 is 0 Å². The molecule has 0 radical (unpaired) electrons. The maximum atomic E-state index is 13.1. The van der Waals surface area contributed by atoms with Crippen LogP contribution in [0, 0.1) is 0 Å². The molecule has 0 aliphatic carbocycles. The highest BCUT2D eigenvalue weighted by atomic mass is 32.2. The summed E-state index contributed by atoms with van der Waals surface area (Å²) in [4.78, 5) is 34.2. The number of fused-ring (bicyclic) bond motifs is 2. The van der Waals surface area contributed by atoms with Crippen LogP contribution in [0.4, 0.5) is 5.69 Å². The molecule has 1 aliphatic rings. The highest BCUT2D eigenvalue weighted by Crippen LogP contribution is 2.29. The van der Waals surface area contributed by atoms with Crippen LogP contribution in [0.15, 0.2) is 63.6 Å². The summed E-state index contributed by atoms with van der Waals surface area (Å²) in [7, 11) is 3.79. The van der Waals surface area contributed by atoms with E-state index in [0.717, 1.165) is 5.69 Å². The predicted molar refractivity (Wildman–Crippen MR) is 112 cm³/mol. The number of amides is 1. The first-order chi connectivity index (χ1) is 13.5. The monoisotopic (exact) mass is 393 g/mol. The minimum absolute atomic E-state index is 0.234. The van der Waals surface area contributed by atoms with Crippen molar-refractivity contribution in [2.75, 3.05) is 31.9 Å². The second-order valence-corrected chi connectivity index (χ2v) is 7.43. The lowest BCUT2D eigenvalue weighted by Gasteiger charge is -2.21. The minimum atomic E-state index is -0.293. The third-order valence-corrected chi connectivity index (χ3v) is 5.06. The smallest absolute Gasteiger partial charge is 0.282 e. The molecule has 1 aliphatic heterocycles. The van der Waals surface area contributed by atoms with Crippen molar-refractivity contribution in [3.05, 3.63) is 64.4 Å². The van der Waals surface area contributed by atoms with Gasteiger partial charge in [-0.15, -0.1) is 0 Å². The van der Waals surface area contributed by atoms with Gasteiger partial charge in [-0.3, -0.25) is 19.4 Å². The molecule has 0 spiro atoms. The molecule has 2 heterocycles. The van der Waals surface area contributed by atoms with Crippen LogP contribution < -0.4 is 10.5 Å². The number of aromatic nitrogens is 2.